The van der Waals surface area contributed by atoms with Gasteiger partial charge in [0.2, 0.25) is 5.95 Å². The molecule has 0 spiro atoms. The van der Waals surface area contributed by atoms with Crippen LogP contribution in [0.25, 0.3) is 5.65 Å². The van der Waals surface area contributed by atoms with Crippen LogP contribution in [0.2, 0.25) is 0 Å². The number of nitrogens with zero attached hydrogens (tertiary/aromatic N) is 5. The van der Waals surface area contributed by atoms with Crippen molar-refractivity contribution in [2.45, 2.75) is 75.1 Å². The minimum Gasteiger partial charge on any atom is -0.443 e. The molecular weight excluding hydrogens is 517 g/mol. The van der Waals surface area contributed by atoms with Crippen LogP contribution in [0.4, 0.5) is 29.7 Å². The van der Waals surface area contributed by atoms with Crippen molar-refractivity contribution in [1.29, 1.82) is 0 Å². The van der Waals surface area contributed by atoms with Crippen LogP contribution in [0.5, 0.6) is 0 Å². The molecule has 1 amide bonds. The van der Waals surface area contributed by atoms with E-state index >= 15 is 0 Å². The first kappa shape index (κ1) is 24.6. The topological polar surface area (TPSA) is 122 Å². The van der Waals surface area contributed by atoms with E-state index in [1.807, 2.05) is 17.2 Å². The molecule has 3 N–H and O–H groups in total. The second-order valence-corrected chi connectivity index (χ2v) is 11.3. The van der Waals surface area contributed by atoms with Gasteiger partial charge in [-0.2, -0.15) is 13.9 Å². The lowest BCUT2D eigenvalue weighted by atomic mass is 9.50. The number of hydrogen-bond acceptors (Lipinski definition) is 8. The van der Waals surface area contributed by atoms with Gasteiger partial charge in [0.15, 0.2) is 5.82 Å². The van der Waals surface area contributed by atoms with Crippen molar-refractivity contribution in [1.82, 2.24) is 34.8 Å². The number of alkyl halides is 3. The van der Waals surface area contributed by atoms with Crippen molar-refractivity contribution < 1.29 is 27.4 Å². The van der Waals surface area contributed by atoms with E-state index in [1.165, 1.54) is 0 Å². The summed E-state index contributed by atoms with van der Waals surface area (Å²) in [5.74, 6) is 1.57. The summed E-state index contributed by atoms with van der Waals surface area (Å²) in [6, 6.07) is 3.58. The van der Waals surface area contributed by atoms with Crippen molar-refractivity contribution in [2.24, 2.45) is 5.92 Å². The predicted octanol–water partition coefficient (Wildman–Crippen LogP) is 3.48. The summed E-state index contributed by atoms with van der Waals surface area (Å²) in [5, 5.41) is 13.4. The smallest absolute Gasteiger partial charge is 0.407 e. The maximum absolute atomic E-state index is 14.7. The Balaban J connectivity index is 0.961. The lowest BCUT2D eigenvalue weighted by Crippen LogP contribution is -2.68. The number of amides is 1. The van der Waals surface area contributed by atoms with Crippen LogP contribution in [0.15, 0.2) is 24.5 Å². The number of ether oxygens (including phenoxy) is 2. The van der Waals surface area contributed by atoms with Gasteiger partial charge >= 0.3 is 12.7 Å². The molecule has 8 rings (SSSR count). The van der Waals surface area contributed by atoms with Crippen LogP contribution in [0, 0.1) is 5.92 Å². The quantitative estimate of drug-likeness (QED) is 0.373. The molecule has 1 aliphatic heterocycles. The number of carbonyl (C=O) groups excluding carboxylic acids is 1. The van der Waals surface area contributed by atoms with Gasteiger partial charge in [-0.25, -0.2) is 19.2 Å². The van der Waals surface area contributed by atoms with Gasteiger partial charge in [-0.3, -0.25) is 14.4 Å². The van der Waals surface area contributed by atoms with Gasteiger partial charge in [0.1, 0.15) is 17.9 Å². The van der Waals surface area contributed by atoms with Crippen molar-refractivity contribution in [3.05, 3.63) is 35.9 Å². The number of rotatable bonds is 9. The minimum absolute atomic E-state index is 0.105. The Hall–Kier alpha value is -3.39. The number of H-pyrrole nitrogens is 1. The predicted molar refractivity (Wildman–Crippen MR) is 131 cm³/mol. The molecule has 0 unspecified atom stereocenters. The van der Waals surface area contributed by atoms with Gasteiger partial charge in [-0.1, -0.05) is 0 Å². The van der Waals surface area contributed by atoms with Gasteiger partial charge in [-0.15, -0.1) is 0 Å². The fraction of sp³-hybridized carbons (Fsp3) is 0.600. The second-order valence-electron chi connectivity index (χ2n) is 11.3. The van der Waals surface area contributed by atoms with E-state index in [2.05, 4.69) is 35.5 Å². The SMILES string of the molecule is O=C(NC12CC(C1)C2)O[C@H]1C[C@@H](c2cc(Nc3nccc4nc(CN5CC(OC(F)F)C5)cn34)n[nH]2)C[C@H]1F. The van der Waals surface area contributed by atoms with Crippen LogP contribution in [-0.2, 0) is 16.0 Å². The third kappa shape index (κ3) is 4.80. The van der Waals surface area contributed by atoms with Crippen LogP contribution in [0.1, 0.15) is 49.4 Å². The van der Waals surface area contributed by atoms with Gasteiger partial charge < -0.3 is 20.1 Å². The molecule has 0 radical (unpaired) electrons. The van der Waals surface area contributed by atoms with E-state index in [0.29, 0.717) is 43.5 Å². The summed E-state index contributed by atoms with van der Waals surface area (Å²) in [7, 11) is 0. The Morgan fingerprint density at radius 3 is 2.82 bits per heavy atom. The van der Waals surface area contributed by atoms with Crippen molar-refractivity contribution in [3.8, 4) is 0 Å². The summed E-state index contributed by atoms with van der Waals surface area (Å²) in [5.41, 5.74) is 2.09. The number of anilines is 2. The number of imidazole rings is 1. The molecule has 5 aliphatic rings. The fourth-order valence-corrected chi connectivity index (χ4v) is 6.31. The molecule has 208 valence electrons. The van der Waals surface area contributed by atoms with Crippen molar-refractivity contribution >= 4 is 23.5 Å². The number of carbonyl (C=O) groups is 1. The molecule has 4 saturated carbocycles. The van der Waals surface area contributed by atoms with Gasteiger partial charge in [0, 0.05) is 55.2 Å². The lowest BCUT2D eigenvalue weighted by molar-refractivity contribution is -0.197. The first-order valence-electron chi connectivity index (χ1n) is 13.2. The van der Waals surface area contributed by atoms with E-state index in [9.17, 15) is 18.0 Å². The average molecular weight is 547 g/mol. The number of aromatic nitrogens is 5. The molecule has 5 fully saturated rings. The van der Waals surface area contributed by atoms with Crippen molar-refractivity contribution in [2.75, 3.05) is 18.4 Å². The van der Waals surface area contributed by atoms with Crippen LogP contribution in [0.3, 0.4) is 0 Å². The van der Waals surface area contributed by atoms with Crippen LogP contribution < -0.4 is 10.6 Å². The Morgan fingerprint density at radius 2 is 2.08 bits per heavy atom. The fourth-order valence-electron chi connectivity index (χ4n) is 6.31. The number of fused-ring (bicyclic) bond motifs is 1. The highest BCUT2D eigenvalue weighted by molar-refractivity contribution is 5.69. The maximum Gasteiger partial charge on any atom is 0.407 e. The van der Waals surface area contributed by atoms with E-state index < -0.39 is 31.1 Å². The lowest BCUT2D eigenvalue weighted by Gasteiger charge is -2.61. The van der Waals surface area contributed by atoms with Gasteiger partial charge in [0.25, 0.3) is 0 Å². The first-order valence-corrected chi connectivity index (χ1v) is 13.2. The Bertz CT molecular complexity index is 1360. The molecule has 3 aromatic heterocycles. The molecule has 3 atom stereocenters. The Kier molecular flexibility index (Phi) is 5.92. The zero-order valence-corrected chi connectivity index (χ0v) is 21.0. The molecule has 0 aromatic carbocycles. The van der Waals surface area contributed by atoms with Crippen LogP contribution >= 0.6 is 0 Å². The highest BCUT2D eigenvalue weighted by Gasteiger charge is 2.58. The molecular formula is C25H29F3N8O3. The number of aromatic amines is 1. The second kappa shape index (κ2) is 9.37. The molecule has 39 heavy (non-hydrogen) atoms. The summed E-state index contributed by atoms with van der Waals surface area (Å²) < 4.78 is 51.2. The maximum atomic E-state index is 14.7. The van der Waals surface area contributed by atoms with E-state index in [0.717, 1.165) is 36.6 Å². The summed E-state index contributed by atoms with van der Waals surface area (Å²) in [6.45, 7) is -1.40. The Labute approximate surface area is 221 Å². The average Bonchev–Trinajstić information content (AvgIpc) is 3.53. The standard InChI is InChI=1S/C25H29F3N8O3/c26-17-3-14(4-19(17)39-24(37)32-25-6-13(7-25)8-25)18-5-20(34-33-18)31-23-29-2-1-21-30-15(10-36(21)23)9-35-11-16(12-35)38-22(27)28/h1-2,5,10,13-14,16-17,19,22H,3-4,6-9,11-12H2,(H,32,37)(H2,29,31,33,34)/t13?,14-,17+,19-,25?/m0/s1. The number of alkyl carbamates (subject to hydrolysis) is 1. The normalized spacial score (nSPS) is 30.2. The van der Waals surface area contributed by atoms with Crippen molar-refractivity contribution in [3.63, 3.8) is 0 Å². The van der Waals surface area contributed by atoms with E-state index in [1.54, 1.807) is 16.7 Å². The monoisotopic (exact) mass is 546 g/mol. The molecule has 14 heteroatoms. The number of halogens is 3. The highest BCUT2D eigenvalue weighted by Crippen LogP contribution is 2.57. The summed E-state index contributed by atoms with van der Waals surface area (Å²) >= 11 is 0. The largest absolute Gasteiger partial charge is 0.443 e. The highest BCUT2D eigenvalue weighted by atomic mass is 19.3. The minimum atomic E-state index is -2.76. The zero-order chi connectivity index (χ0) is 26.7. The number of nitrogens with one attached hydrogen (secondary N) is 3. The first-order chi connectivity index (χ1) is 18.8. The molecule has 4 heterocycles. The zero-order valence-electron chi connectivity index (χ0n) is 21.0. The van der Waals surface area contributed by atoms with E-state index in [-0.39, 0.29) is 17.9 Å². The van der Waals surface area contributed by atoms with Gasteiger partial charge in [-0.05, 0) is 44.1 Å². The van der Waals surface area contributed by atoms with Crippen LogP contribution in [-0.4, -0.2) is 79.2 Å². The molecule has 3 aromatic rings. The third-order valence-corrected chi connectivity index (χ3v) is 8.41. The number of likely N-dealkylation sites (tertiary alicyclic amines) is 1. The van der Waals surface area contributed by atoms with E-state index in [4.69, 9.17) is 4.74 Å². The molecule has 11 nitrogen and oxygen atoms in total. The molecule has 1 saturated heterocycles. The molecule has 4 aliphatic carbocycles. The number of hydrogen-bond donors (Lipinski definition) is 3. The third-order valence-electron chi connectivity index (χ3n) is 8.41. The molecule has 2 bridgehead atoms. The summed E-state index contributed by atoms with van der Waals surface area (Å²) in [6.07, 6.45) is 4.07. The Morgan fingerprint density at radius 1 is 1.26 bits per heavy atom. The van der Waals surface area contributed by atoms with Gasteiger partial charge in [0.05, 0.1) is 11.8 Å². The summed E-state index contributed by atoms with van der Waals surface area (Å²) in [4.78, 5) is 23.3.